The van der Waals surface area contributed by atoms with Gasteiger partial charge in [-0.25, -0.2) is 4.39 Å². The molecule has 3 aromatic heterocycles. The molecule has 7 rings (SSSR count). The summed E-state index contributed by atoms with van der Waals surface area (Å²) >= 11 is 0. The fraction of sp³-hybridized carbons (Fsp3) is 0.242. The number of likely N-dealkylation sites (tertiary alicyclic amines) is 1. The van der Waals surface area contributed by atoms with Gasteiger partial charge in [0.15, 0.2) is 0 Å². The molecule has 0 unspecified atom stereocenters. The van der Waals surface area contributed by atoms with Crippen molar-refractivity contribution >= 4 is 21.9 Å². The summed E-state index contributed by atoms with van der Waals surface area (Å²) in [5.74, 6) is 0.259. The lowest BCUT2D eigenvalue weighted by Crippen LogP contribution is -2.34. The second-order valence-corrected chi connectivity index (χ2v) is 10.7. The highest BCUT2D eigenvalue weighted by Crippen LogP contribution is 2.38. The average Bonchev–Trinajstić information content (AvgIpc) is 3.69. The molecule has 1 aliphatic rings. The monoisotopic (exact) mass is 518 g/mol. The Hall–Kier alpha value is -4.16. The van der Waals surface area contributed by atoms with Gasteiger partial charge in [-0.1, -0.05) is 24.3 Å². The molecule has 196 valence electrons. The van der Waals surface area contributed by atoms with Gasteiger partial charge in [-0.3, -0.25) is 4.68 Å². The summed E-state index contributed by atoms with van der Waals surface area (Å²) in [6.45, 7) is 3.19. The third kappa shape index (κ3) is 4.55. The minimum Gasteiger partial charge on any atom is -0.464 e. The summed E-state index contributed by atoms with van der Waals surface area (Å²) < 4.78 is 23.5. The van der Waals surface area contributed by atoms with Crippen LogP contribution in [-0.4, -0.2) is 38.9 Å². The predicted octanol–water partition coefficient (Wildman–Crippen LogP) is 7.34. The van der Waals surface area contributed by atoms with Gasteiger partial charge in [-0.15, -0.1) is 0 Å². The van der Waals surface area contributed by atoms with Gasteiger partial charge < -0.3 is 13.9 Å². The van der Waals surface area contributed by atoms with Gasteiger partial charge >= 0.3 is 0 Å². The van der Waals surface area contributed by atoms with Crippen LogP contribution in [-0.2, 0) is 13.5 Å². The number of furan rings is 1. The fourth-order valence-corrected chi connectivity index (χ4v) is 6.12. The Balaban J connectivity index is 1.15. The molecule has 4 heterocycles. The Labute approximate surface area is 227 Å². The number of hydrogen-bond donors (Lipinski definition) is 0. The Kier molecular flexibility index (Phi) is 6.05. The number of hydrogen-bond acceptors (Lipinski definition) is 3. The van der Waals surface area contributed by atoms with Gasteiger partial charge in [0.05, 0.1) is 18.0 Å². The molecule has 0 bridgehead atoms. The number of benzene rings is 3. The largest absolute Gasteiger partial charge is 0.464 e. The lowest BCUT2D eigenvalue weighted by molar-refractivity contribution is 0.215. The van der Waals surface area contributed by atoms with Crippen LogP contribution in [0.3, 0.4) is 0 Å². The van der Waals surface area contributed by atoms with E-state index in [-0.39, 0.29) is 5.82 Å². The molecule has 0 radical (unpaired) electrons. The van der Waals surface area contributed by atoms with E-state index in [4.69, 9.17) is 4.42 Å². The third-order valence-electron chi connectivity index (χ3n) is 8.26. The smallest absolute Gasteiger partial charge is 0.134 e. The SMILES string of the molecule is Cn1cc(-c2ccc3c(c2)c(C2CCN(CCc4coc5ccccc45)CC2)cn3-c2ccc(F)cc2)cn1. The zero-order chi connectivity index (χ0) is 26.3. The fourth-order valence-electron chi connectivity index (χ4n) is 6.12. The Morgan fingerprint density at radius 2 is 1.74 bits per heavy atom. The van der Waals surface area contributed by atoms with E-state index in [0.29, 0.717) is 5.92 Å². The summed E-state index contributed by atoms with van der Waals surface area (Å²) in [5, 5.41) is 6.87. The molecule has 0 atom stereocenters. The maximum absolute atomic E-state index is 13.7. The van der Waals surface area contributed by atoms with Crippen LogP contribution in [0.5, 0.6) is 0 Å². The number of fused-ring (bicyclic) bond motifs is 2. The quantitative estimate of drug-likeness (QED) is 0.232. The van der Waals surface area contributed by atoms with Gasteiger partial charge in [-0.2, -0.15) is 5.10 Å². The summed E-state index contributed by atoms with van der Waals surface area (Å²) in [5.41, 5.74) is 8.04. The highest BCUT2D eigenvalue weighted by Gasteiger charge is 2.25. The van der Waals surface area contributed by atoms with Crippen molar-refractivity contribution in [2.45, 2.75) is 25.2 Å². The second kappa shape index (κ2) is 9.86. The summed E-state index contributed by atoms with van der Waals surface area (Å²) in [6, 6.07) is 21.7. The highest BCUT2D eigenvalue weighted by atomic mass is 19.1. The number of para-hydroxylation sites is 1. The first-order chi connectivity index (χ1) is 19.1. The first-order valence-electron chi connectivity index (χ1n) is 13.7. The van der Waals surface area contributed by atoms with Crippen molar-refractivity contribution in [1.29, 1.82) is 0 Å². The Morgan fingerprint density at radius 3 is 2.54 bits per heavy atom. The van der Waals surface area contributed by atoms with Crippen LogP contribution < -0.4 is 0 Å². The summed E-state index contributed by atoms with van der Waals surface area (Å²) in [4.78, 5) is 2.58. The van der Waals surface area contributed by atoms with Crippen LogP contribution in [0.2, 0.25) is 0 Å². The molecule has 6 aromatic rings. The van der Waals surface area contributed by atoms with Crippen LogP contribution >= 0.6 is 0 Å². The number of rotatable bonds is 6. The zero-order valence-electron chi connectivity index (χ0n) is 22.1. The molecule has 1 aliphatic heterocycles. The second-order valence-electron chi connectivity index (χ2n) is 10.7. The lowest BCUT2D eigenvalue weighted by Gasteiger charge is -2.32. The predicted molar refractivity (Wildman–Crippen MR) is 154 cm³/mol. The minimum atomic E-state index is -0.218. The zero-order valence-corrected chi connectivity index (χ0v) is 22.1. The van der Waals surface area contributed by atoms with Gasteiger partial charge in [0.25, 0.3) is 0 Å². The average molecular weight is 519 g/mol. The van der Waals surface area contributed by atoms with E-state index in [2.05, 4.69) is 57.3 Å². The molecular weight excluding hydrogens is 487 g/mol. The Morgan fingerprint density at radius 1 is 0.923 bits per heavy atom. The number of aryl methyl sites for hydroxylation is 1. The van der Waals surface area contributed by atoms with E-state index in [0.717, 1.165) is 61.2 Å². The summed E-state index contributed by atoms with van der Waals surface area (Å²) in [7, 11) is 1.95. The molecule has 0 saturated carbocycles. The minimum absolute atomic E-state index is 0.218. The first kappa shape index (κ1) is 23.9. The van der Waals surface area contributed by atoms with Gasteiger partial charge in [-0.05, 0) is 97.4 Å². The van der Waals surface area contributed by atoms with Crippen LogP contribution in [0.25, 0.3) is 38.7 Å². The molecule has 39 heavy (non-hydrogen) atoms. The highest BCUT2D eigenvalue weighted by molar-refractivity contribution is 5.90. The molecule has 0 aliphatic carbocycles. The molecular formula is C33H31FN4O. The molecule has 0 N–H and O–H groups in total. The molecule has 1 fully saturated rings. The van der Waals surface area contributed by atoms with Crippen molar-refractivity contribution < 1.29 is 8.81 Å². The summed E-state index contributed by atoms with van der Waals surface area (Å²) in [6.07, 6.45) is 11.4. The van der Waals surface area contributed by atoms with E-state index in [9.17, 15) is 4.39 Å². The maximum atomic E-state index is 13.7. The van der Waals surface area contributed by atoms with Crippen LogP contribution in [0.1, 0.15) is 29.9 Å². The van der Waals surface area contributed by atoms with E-state index < -0.39 is 0 Å². The standard InChI is InChI=1S/C33H31FN4O/c1-36-20-26(19-35-36)24-6-11-32-30(18-24)31(21-38(32)28-9-7-27(34)8-10-28)23-12-15-37(16-13-23)17-14-25-22-39-33-5-3-2-4-29(25)33/h2-11,18-23H,12-17H2,1H3. The van der Waals surface area contributed by atoms with Crippen molar-refractivity contribution in [1.82, 2.24) is 19.2 Å². The third-order valence-corrected chi connectivity index (χ3v) is 8.26. The molecule has 3 aromatic carbocycles. The van der Waals surface area contributed by atoms with E-state index in [1.165, 1.54) is 39.6 Å². The van der Waals surface area contributed by atoms with E-state index in [1.807, 2.05) is 48.5 Å². The van der Waals surface area contributed by atoms with Crippen LogP contribution in [0.15, 0.2) is 96.0 Å². The van der Waals surface area contributed by atoms with Crippen LogP contribution in [0, 0.1) is 5.82 Å². The lowest BCUT2D eigenvalue weighted by atomic mass is 9.88. The first-order valence-corrected chi connectivity index (χ1v) is 13.7. The molecule has 0 spiro atoms. The van der Waals surface area contributed by atoms with Crippen molar-refractivity contribution in [2.75, 3.05) is 19.6 Å². The van der Waals surface area contributed by atoms with Crippen molar-refractivity contribution in [3.05, 3.63) is 109 Å². The topological polar surface area (TPSA) is 39.1 Å². The molecule has 6 heteroatoms. The van der Waals surface area contributed by atoms with E-state index in [1.54, 1.807) is 0 Å². The number of aromatic nitrogens is 3. The molecule has 0 amide bonds. The van der Waals surface area contributed by atoms with Crippen LogP contribution in [0.4, 0.5) is 4.39 Å². The number of nitrogens with zero attached hydrogens (tertiary/aromatic N) is 4. The number of halogens is 1. The van der Waals surface area contributed by atoms with Gasteiger partial charge in [0.1, 0.15) is 11.4 Å². The van der Waals surface area contributed by atoms with Gasteiger partial charge in [0, 0.05) is 48.0 Å². The molecule has 5 nitrogen and oxygen atoms in total. The van der Waals surface area contributed by atoms with Gasteiger partial charge in [0.2, 0.25) is 0 Å². The maximum Gasteiger partial charge on any atom is 0.134 e. The van der Waals surface area contributed by atoms with Crippen molar-refractivity contribution in [3.63, 3.8) is 0 Å². The van der Waals surface area contributed by atoms with Crippen molar-refractivity contribution in [2.24, 2.45) is 7.05 Å². The number of piperidine rings is 1. The van der Waals surface area contributed by atoms with E-state index >= 15 is 0 Å². The molecule has 1 saturated heterocycles. The normalized spacial score (nSPS) is 15.0. The Bertz CT molecular complexity index is 1750. The van der Waals surface area contributed by atoms with Crippen molar-refractivity contribution in [3.8, 4) is 16.8 Å².